The quantitative estimate of drug-likeness (QED) is 0.0192. The van der Waals surface area contributed by atoms with Crippen LogP contribution in [-0.2, 0) is 54.3 Å². The second-order valence-electron chi connectivity index (χ2n) is 27.4. The van der Waals surface area contributed by atoms with Crippen LogP contribution in [0.25, 0.3) is 22.8 Å². The predicted octanol–water partition coefficient (Wildman–Crippen LogP) is 10.9. The molecular formula is C77H107N11O15S. The van der Waals surface area contributed by atoms with Crippen molar-refractivity contribution in [3.63, 3.8) is 0 Å². The van der Waals surface area contributed by atoms with Gasteiger partial charge in [0.1, 0.15) is 24.2 Å². The largest absolute Gasteiger partial charge is 0.508 e. The number of aliphatic hydroxyl groups excluding tert-OH is 1. The molecule has 1 aliphatic carbocycles. The van der Waals surface area contributed by atoms with E-state index in [-0.39, 0.29) is 108 Å². The number of methoxy groups -OCH3 is 2. The van der Waals surface area contributed by atoms with E-state index in [1.807, 2.05) is 71.9 Å². The fraction of sp³-hybridized carbons (Fsp3) is 0.532. The first-order chi connectivity index (χ1) is 49.7. The maximum Gasteiger partial charge on any atom is 0.412 e. The molecule has 5 aromatic rings. The Labute approximate surface area is 615 Å². The number of likely N-dealkylation sites (tertiary alicyclic amines) is 1. The fourth-order valence-corrected chi connectivity index (χ4v) is 13.4. The highest BCUT2D eigenvalue weighted by atomic mass is 32.2. The minimum Gasteiger partial charge on any atom is -0.508 e. The van der Waals surface area contributed by atoms with E-state index in [4.69, 9.17) is 18.9 Å². The number of carbonyl (C=O) groups is 8. The highest BCUT2D eigenvalue weighted by molar-refractivity contribution is 7.99. The first-order valence-corrected chi connectivity index (χ1v) is 37.2. The maximum atomic E-state index is 14.9. The normalized spacial score (nSPS) is 17.3. The minimum absolute atomic E-state index is 0.0531. The summed E-state index contributed by atoms with van der Waals surface area (Å²) in [5.74, 6) is -2.74. The van der Waals surface area contributed by atoms with E-state index in [0.29, 0.717) is 55.0 Å². The Kier molecular flexibility index (Phi) is 33.9. The number of allylic oxidation sites excluding steroid dienone is 1. The van der Waals surface area contributed by atoms with Crippen LogP contribution in [0, 0.1) is 29.6 Å². The number of hydrogen-bond acceptors (Lipinski definition) is 20. The molecule has 27 heteroatoms. The Morgan fingerprint density at radius 1 is 0.712 bits per heavy atom. The minimum atomic E-state index is -0.981. The van der Waals surface area contributed by atoms with Gasteiger partial charge in [-0.05, 0) is 147 Å². The van der Waals surface area contributed by atoms with E-state index >= 15 is 0 Å². The van der Waals surface area contributed by atoms with Gasteiger partial charge >= 0.3 is 12.2 Å². The van der Waals surface area contributed by atoms with Gasteiger partial charge in [-0.3, -0.25) is 34.1 Å². The molecule has 7 rings (SSSR count). The Hall–Kier alpha value is -9.05. The van der Waals surface area contributed by atoms with Gasteiger partial charge in [-0.25, -0.2) is 9.59 Å². The van der Waals surface area contributed by atoms with Crippen LogP contribution in [0.3, 0.4) is 0 Å². The van der Waals surface area contributed by atoms with Crippen LogP contribution >= 0.6 is 11.8 Å². The van der Waals surface area contributed by atoms with E-state index in [9.17, 15) is 53.7 Å². The number of ether oxygens (including phenoxy) is 4. The van der Waals surface area contributed by atoms with Crippen molar-refractivity contribution in [2.24, 2.45) is 29.6 Å². The topological polar surface area (TPSA) is 344 Å². The Balaban J connectivity index is 0.000000718. The van der Waals surface area contributed by atoms with Gasteiger partial charge in [0.05, 0.1) is 71.9 Å². The summed E-state index contributed by atoms with van der Waals surface area (Å²) in [6.07, 6.45) is 7.71. The number of aromatic nitrogens is 4. The monoisotopic (exact) mass is 1460 g/mol. The Morgan fingerprint density at radius 3 is 1.92 bits per heavy atom. The zero-order valence-electron chi connectivity index (χ0n) is 62.3. The molecule has 2 aliphatic rings. The molecule has 104 heavy (non-hydrogen) atoms. The third kappa shape index (κ3) is 24.8. The van der Waals surface area contributed by atoms with Crippen molar-refractivity contribution < 1.29 is 72.6 Å². The second kappa shape index (κ2) is 42.0. The number of carbonyl (C=O) groups excluding carboxylic acids is 8. The average molecular weight is 1460 g/mol. The van der Waals surface area contributed by atoms with Crippen LogP contribution < -0.4 is 21.3 Å². The summed E-state index contributed by atoms with van der Waals surface area (Å²) in [6, 6.07) is 24.2. The SMILES string of the molecule is CC[C@H](C)[C@@H]([C@@H](CC(=O)N1CCCC1[C@H](OC)[C@@H](C)C(=O)N[C@H](C)[C@@H](O)c1ccccc1)OC)N(C)C(=O)[C@@H](CC(=O)[C@H](C(C)C)N(C)C(=O)OCc1ccc(NC(=O)OC2/C=C/CCCCC2)c(NC(=O)CCNC(=O)CSC)c1)C(C)C.Oc1ccc(-c2nnc(-c3ccc(O)cc3)nn2)cc1. The van der Waals surface area contributed by atoms with Gasteiger partial charge in [-0.15, -0.1) is 20.4 Å². The third-order valence-corrected chi connectivity index (χ3v) is 19.6. The number of aliphatic hydroxyl groups is 1. The van der Waals surface area contributed by atoms with E-state index in [1.165, 1.54) is 37.9 Å². The molecule has 11 atom stereocenters. The summed E-state index contributed by atoms with van der Waals surface area (Å²) in [5, 5.41) is 56.6. The van der Waals surface area contributed by atoms with Gasteiger partial charge in [0, 0.05) is 71.3 Å². The molecule has 0 bridgehead atoms. The number of ketones is 1. The van der Waals surface area contributed by atoms with Crippen LogP contribution in [-0.4, -0.2) is 194 Å². The molecular weight excluding hydrogens is 1350 g/mol. The molecule has 7 N–H and O–H groups in total. The Morgan fingerprint density at radius 2 is 1.35 bits per heavy atom. The fourth-order valence-electron chi connectivity index (χ4n) is 13.1. The van der Waals surface area contributed by atoms with Crippen molar-refractivity contribution >= 4 is 70.6 Å². The van der Waals surface area contributed by atoms with Crippen molar-refractivity contribution in [1.82, 2.24) is 45.7 Å². The number of aromatic hydroxyl groups is 2. The van der Waals surface area contributed by atoms with Gasteiger partial charge in [-0.2, -0.15) is 11.8 Å². The molecule has 0 saturated carbocycles. The molecule has 26 nitrogen and oxygen atoms in total. The lowest BCUT2D eigenvalue weighted by atomic mass is 9.83. The number of likely N-dealkylation sites (N-methyl/N-ethyl adjacent to an activating group) is 2. The number of hydrogen-bond donors (Lipinski definition) is 7. The lowest BCUT2D eigenvalue weighted by molar-refractivity contribution is -0.149. The number of nitrogens with one attached hydrogen (secondary N) is 4. The lowest BCUT2D eigenvalue weighted by Crippen LogP contribution is -2.55. The molecule has 566 valence electrons. The number of anilines is 2. The molecule has 1 aromatic heterocycles. The molecule has 1 saturated heterocycles. The highest BCUT2D eigenvalue weighted by Gasteiger charge is 2.44. The van der Waals surface area contributed by atoms with Crippen LogP contribution in [0.5, 0.6) is 11.5 Å². The number of Topliss-reactive ketones (excluding diaryl/α,β-unsaturated/α-hetero) is 1. The highest BCUT2D eigenvalue weighted by Crippen LogP contribution is 2.33. The summed E-state index contributed by atoms with van der Waals surface area (Å²) in [5.41, 5.74) is 3.03. The van der Waals surface area contributed by atoms with E-state index in [1.54, 1.807) is 116 Å². The molecule has 4 aromatic carbocycles. The van der Waals surface area contributed by atoms with E-state index < -0.39 is 78.5 Å². The number of phenolic OH excluding ortho intramolecular Hbond substituents is 2. The standard InChI is InChI=1S/C63H97N7O13S.C14H10N4O2/c1-14-41(6)57(52(80-11)36-55(74)70-33-23-28-50(70)59(81-12)42(7)60(76)65-43(8)58(75)45-24-19-18-20-25-45)68(9)61(77)47(39(2)3)35-51(71)56(40(4)5)69(10)63(79)82-37-44-29-30-48(67-62(78)83-46-26-21-16-15-17-22-27-46)49(34-44)66-53(72)31-32-64-54(73)38-84-13;19-11-5-1-9(2-6-11)13-15-17-14(18-16-13)10-3-7-12(20)8-4-10/h18-21,24-26,29-30,34,39-43,46-47,50,52,56-59,75H,14-17,22-23,27-28,31-33,35-38H2,1-13H3,(H,64,73)(H,65,76)(H,66,72)(H,67,78);1-8,19-20H/b26-21+;/t41-,42+,43+,46?,47-,50?,52+,56-,57-,58+,59+;/m0./s1. The zero-order chi connectivity index (χ0) is 76.2. The number of amides is 7. The van der Waals surface area contributed by atoms with Crippen LogP contribution in [0.2, 0.25) is 0 Å². The molecule has 7 amide bonds. The summed E-state index contributed by atoms with van der Waals surface area (Å²) >= 11 is 1.36. The van der Waals surface area contributed by atoms with Crippen LogP contribution in [0.15, 0.2) is 109 Å². The van der Waals surface area contributed by atoms with E-state index in [2.05, 4.69) is 41.7 Å². The van der Waals surface area contributed by atoms with Crippen molar-refractivity contribution in [2.45, 2.75) is 181 Å². The molecule has 1 aliphatic heterocycles. The van der Waals surface area contributed by atoms with Crippen LogP contribution in [0.1, 0.15) is 143 Å². The third-order valence-electron chi connectivity index (χ3n) is 19.1. The van der Waals surface area contributed by atoms with Crippen molar-refractivity contribution in [2.75, 3.05) is 64.0 Å². The number of nitrogens with zero attached hydrogens (tertiary/aromatic N) is 7. The van der Waals surface area contributed by atoms with Crippen molar-refractivity contribution in [3.05, 3.63) is 120 Å². The molecule has 2 unspecified atom stereocenters. The smallest absolute Gasteiger partial charge is 0.412 e. The first kappa shape index (κ1) is 83.9. The summed E-state index contributed by atoms with van der Waals surface area (Å²) in [7, 11) is 6.21. The van der Waals surface area contributed by atoms with Gasteiger partial charge in [0.25, 0.3) is 0 Å². The maximum absolute atomic E-state index is 14.9. The van der Waals surface area contributed by atoms with Crippen LogP contribution in [0.4, 0.5) is 21.0 Å². The lowest BCUT2D eigenvalue weighted by Gasteiger charge is -2.41. The van der Waals surface area contributed by atoms with Crippen molar-refractivity contribution in [3.8, 4) is 34.3 Å². The Bertz CT molecular complexity index is 3550. The number of benzene rings is 4. The first-order valence-electron chi connectivity index (χ1n) is 35.8. The molecule has 2 heterocycles. The number of phenols is 2. The number of thioether (sulfide) groups is 1. The molecule has 1 fully saturated rings. The predicted molar refractivity (Wildman–Crippen MR) is 399 cm³/mol. The van der Waals surface area contributed by atoms with E-state index in [0.717, 1.165) is 36.8 Å². The summed E-state index contributed by atoms with van der Waals surface area (Å²) in [6.45, 7) is 15.1. The van der Waals surface area contributed by atoms with Crippen molar-refractivity contribution in [1.29, 1.82) is 0 Å². The van der Waals surface area contributed by atoms with Gasteiger partial charge in [0.2, 0.25) is 41.2 Å². The second-order valence-corrected chi connectivity index (χ2v) is 28.2. The summed E-state index contributed by atoms with van der Waals surface area (Å²) in [4.78, 5) is 115. The van der Waals surface area contributed by atoms with Gasteiger partial charge < -0.3 is 64.9 Å². The molecule has 0 spiro atoms. The average Bonchev–Trinajstić information content (AvgIpc) is 1.47. The molecule has 0 radical (unpaired) electrons. The number of rotatable bonds is 33. The van der Waals surface area contributed by atoms with Gasteiger partial charge in [-0.1, -0.05) is 104 Å². The summed E-state index contributed by atoms with van der Waals surface area (Å²) < 4.78 is 23.6. The zero-order valence-corrected chi connectivity index (χ0v) is 63.1. The van der Waals surface area contributed by atoms with Gasteiger partial charge in [0.15, 0.2) is 5.78 Å².